The predicted molar refractivity (Wildman–Crippen MR) is 61.8 cm³/mol. The van der Waals surface area contributed by atoms with Gasteiger partial charge in [-0.05, 0) is 31.6 Å². The third-order valence-corrected chi connectivity index (χ3v) is 3.26. The molecule has 3 unspecified atom stereocenters. The fourth-order valence-corrected chi connectivity index (χ4v) is 2.29. The highest BCUT2D eigenvalue weighted by atomic mass is 16.5. The lowest BCUT2D eigenvalue weighted by Gasteiger charge is -2.02. The van der Waals surface area contributed by atoms with Crippen LogP contribution in [-0.4, -0.2) is 10.1 Å². The molecule has 0 aliphatic heterocycles. The summed E-state index contributed by atoms with van der Waals surface area (Å²) < 4.78 is 5.19. The van der Waals surface area contributed by atoms with Crippen molar-refractivity contribution in [3.63, 3.8) is 0 Å². The van der Waals surface area contributed by atoms with Crippen molar-refractivity contribution in [1.82, 2.24) is 10.1 Å². The Hall–Kier alpha value is -1.16. The normalized spacial score (nSPS) is 26.9. The Morgan fingerprint density at radius 1 is 1.62 bits per heavy atom. The SMILES string of the molecule is C=CCC(N)c1nc(C2CCC(C)C2)no1. The van der Waals surface area contributed by atoms with Crippen molar-refractivity contribution in [3.05, 3.63) is 24.4 Å². The van der Waals surface area contributed by atoms with E-state index in [0.717, 1.165) is 24.6 Å². The van der Waals surface area contributed by atoms with Gasteiger partial charge in [-0.25, -0.2) is 0 Å². The highest BCUT2D eigenvalue weighted by molar-refractivity contribution is 5.01. The predicted octanol–water partition coefficient (Wildman–Crippen LogP) is 2.55. The summed E-state index contributed by atoms with van der Waals surface area (Å²) in [6.45, 7) is 5.92. The highest BCUT2D eigenvalue weighted by Crippen LogP contribution is 2.36. The minimum atomic E-state index is -0.211. The first-order chi connectivity index (χ1) is 7.70. The number of rotatable bonds is 4. The lowest BCUT2D eigenvalue weighted by Crippen LogP contribution is -2.09. The van der Waals surface area contributed by atoms with Crippen LogP contribution in [-0.2, 0) is 0 Å². The van der Waals surface area contributed by atoms with Crippen LogP contribution in [0.1, 0.15) is 56.3 Å². The third-order valence-electron chi connectivity index (χ3n) is 3.26. The largest absolute Gasteiger partial charge is 0.338 e. The van der Waals surface area contributed by atoms with Crippen molar-refractivity contribution in [2.75, 3.05) is 0 Å². The molecule has 1 aliphatic carbocycles. The maximum absolute atomic E-state index is 5.88. The summed E-state index contributed by atoms with van der Waals surface area (Å²) in [7, 11) is 0. The minimum Gasteiger partial charge on any atom is -0.338 e. The molecule has 1 aliphatic rings. The molecule has 1 aromatic rings. The highest BCUT2D eigenvalue weighted by Gasteiger charge is 2.27. The molecule has 1 heterocycles. The van der Waals surface area contributed by atoms with Crippen LogP contribution in [0.25, 0.3) is 0 Å². The Morgan fingerprint density at radius 3 is 3.06 bits per heavy atom. The van der Waals surface area contributed by atoms with E-state index in [1.807, 2.05) is 0 Å². The fourth-order valence-electron chi connectivity index (χ4n) is 2.29. The monoisotopic (exact) mass is 221 g/mol. The second-order valence-corrected chi connectivity index (χ2v) is 4.74. The summed E-state index contributed by atoms with van der Waals surface area (Å²) >= 11 is 0. The number of nitrogens with two attached hydrogens (primary N) is 1. The van der Waals surface area contributed by atoms with Gasteiger partial charge in [-0.2, -0.15) is 4.98 Å². The lowest BCUT2D eigenvalue weighted by molar-refractivity contribution is 0.348. The van der Waals surface area contributed by atoms with Crippen LogP contribution >= 0.6 is 0 Å². The van der Waals surface area contributed by atoms with Crippen LogP contribution in [0.15, 0.2) is 17.2 Å². The first-order valence-corrected chi connectivity index (χ1v) is 5.90. The molecular formula is C12H19N3O. The second-order valence-electron chi connectivity index (χ2n) is 4.74. The molecule has 0 amide bonds. The van der Waals surface area contributed by atoms with E-state index < -0.39 is 0 Å². The average Bonchev–Trinajstić information content (AvgIpc) is 2.85. The van der Waals surface area contributed by atoms with Gasteiger partial charge >= 0.3 is 0 Å². The molecule has 4 heteroatoms. The molecule has 16 heavy (non-hydrogen) atoms. The van der Waals surface area contributed by atoms with Gasteiger partial charge in [0.1, 0.15) is 0 Å². The van der Waals surface area contributed by atoms with Crippen LogP contribution in [0, 0.1) is 5.92 Å². The fraction of sp³-hybridized carbons (Fsp3) is 0.667. The third kappa shape index (κ3) is 2.32. The zero-order valence-electron chi connectivity index (χ0n) is 9.72. The summed E-state index contributed by atoms with van der Waals surface area (Å²) in [4.78, 5) is 4.39. The van der Waals surface area contributed by atoms with Crippen LogP contribution in [0.2, 0.25) is 0 Å². The number of hydrogen-bond acceptors (Lipinski definition) is 4. The van der Waals surface area contributed by atoms with Gasteiger partial charge in [0.15, 0.2) is 5.82 Å². The first-order valence-electron chi connectivity index (χ1n) is 5.90. The molecule has 0 saturated heterocycles. The van der Waals surface area contributed by atoms with E-state index in [9.17, 15) is 0 Å². The smallest absolute Gasteiger partial charge is 0.243 e. The number of aromatic nitrogens is 2. The van der Waals surface area contributed by atoms with Crippen molar-refractivity contribution >= 4 is 0 Å². The summed E-state index contributed by atoms with van der Waals surface area (Å²) in [6.07, 6.45) is 6.02. The summed E-state index contributed by atoms with van der Waals surface area (Å²) in [5, 5.41) is 4.04. The summed E-state index contributed by atoms with van der Waals surface area (Å²) in [5.41, 5.74) is 5.88. The van der Waals surface area contributed by atoms with Crippen LogP contribution in [0.3, 0.4) is 0 Å². The molecule has 3 atom stereocenters. The maximum Gasteiger partial charge on any atom is 0.243 e. The van der Waals surface area contributed by atoms with E-state index in [2.05, 4.69) is 23.6 Å². The zero-order chi connectivity index (χ0) is 11.5. The molecule has 1 fully saturated rings. The van der Waals surface area contributed by atoms with Gasteiger partial charge in [-0.1, -0.05) is 18.2 Å². The topological polar surface area (TPSA) is 64.9 Å². The van der Waals surface area contributed by atoms with Crippen LogP contribution < -0.4 is 5.73 Å². The van der Waals surface area contributed by atoms with Gasteiger partial charge in [0, 0.05) is 5.92 Å². The molecule has 0 aromatic carbocycles. The van der Waals surface area contributed by atoms with Crippen LogP contribution in [0.4, 0.5) is 0 Å². The summed E-state index contributed by atoms with van der Waals surface area (Å²) in [5.74, 6) is 2.60. The van der Waals surface area contributed by atoms with Gasteiger partial charge < -0.3 is 10.3 Å². The second kappa shape index (κ2) is 4.78. The van der Waals surface area contributed by atoms with Crippen molar-refractivity contribution < 1.29 is 4.52 Å². The van der Waals surface area contributed by atoms with E-state index in [4.69, 9.17) is 10.3 Å². The molecule has 1 aromatic heterocycles. The quantitative estimate of drug-likeness (QED) is 0.793. The van der Waals surface area contributed by atoms with Gasteiger partial charge in [-0.15, -0.1) is 6.58 Å². The molecule has 0 spiro atoms. The Balaban J connectivity index is 2.04. The van der Waals surface area contributed by atoms with E-state index >= 15 is 0 Å². The van der Waals surface area contributed by atoms with Crippen molar-refractivity contribution in [2.45, 2.75) is 44.6 Å². The molecule has 88 valence electrons. The van der Waals surface area contributed by atoms with E-state index in [1.54, 1.807) is 6.08 Å². The standard InChI is InChI=1S/C12H19N3O/c1-3-4-10(13)12-14-11(15-16-12)9-6-5-8(2)7-9/h3,8-10H,1,4-7,13H2,2H3. The molecular weight excluding hydrogens is 202 g/mol. The molecule has 2 rings (SSSR count). The van der Waals surface area contributed by atoms with Gasteiger partial charge in [0.2, 0.25) is 5.89 Å². The minimum absolute atomic E-state index is 0.211. The Labute approximate surface area is 95.9 Å². The molecule has 4 nitrogen and oxygen atoms in total. The van der Waals surface area contributed by atoms with Gasteiger partial charge in [0.05, 0.1) is 6.04 Å². The van der Waals surface area contributed by atoms with Gasteiger partial charge in [0.25, 0.3) is 0 Å². The number of nitrogens with zero attached hydrogens (tertiary/aromatic N) is 2. The van der Waals surface area contributed by atoms with Crippen LogP contribution in [0.5, 0.6) is 0 Å². The maximum atomic E-state index is 5.88. The lowest BCUT2D eigenvalue weighted by atomic mass is 10.1. The number of hydrogen-bond donors (Lipinski definition) is 1. The molecule has 2 N–H and O–H groups in total. The van der Waals surface area contributed by atoms with E-state index in [1.165, 1.54) is 6.42 Å². The zero-order valence-corrected chi connectivity index (χ0v) is 9.72. The Morgan fingerprint density at radius 2 is 2.44 bits per heavy atom. The Kier molecular flexibility index (Phi) is 3.39. The van der Waals surface area contributed by atoms with Crippen molar-refractivity contribution in [1.29, 1.82) is 0 Å². The van der Waals surface area contributed by atoms with Crippen molar-refractivity contribution in [3.8, 4) is 0 Å². The van der Waals surface area contributed by atoms with Crippen molar-refractivity contribution in [2.24, 2.45) is 11.7 Å². The molecule has 1 saturated carbocycles. The average molecular weight is 221 g/mol. The molecule has 0 radical (unpaired) electrons. The summed E-state index contributed by atoms with van der Waals surface area (Å²) in [6, 6.07) is -0.211. The Bertz CT molecular complexity index is 361. The molecule has 0 bridgehead atoms. The van der Waals surface area contributed by atoms with Gasteiger partial charge in [-0.3, -0.25) is 0 Å². The van der Waals surface area contributed by atoms with E-state index in [0.29, 0.717) is 18.2 Å². The van der Waals surface area contributed by atoms with E-state index in [-0.39, 0.29) is 6.04 Å². The first kappa shape index (κ1) is 11.3.